The van der Waals surface area contributed by atoms with Gasteiger partial charge in [0, 0.05) is 6.54 Å². The Kier molecular flexibility index (Phi) is 5.69. The first-order valence-electron chi connectivity index (χ1n) is 8.50. The third-order valence-corrected chi connectivity index (χ3v) is 5.09. The molecule has 1 saturated heterocycles. The third kappa shape index (κ3) is 4.30. The van der Waals surface area contributed by atoms with Gasteiger partial charge in [-0.2, -0.15) is 0 Å². The Balaban J connectivity index is 1.96. The van der Waals surface area contributed by atoms with E-state index in [0.717, 1.165) is 17.8 Å². The highest BCUT2D eigenvalue weighted by Gasteiger charge is 2.32. The average molecular weight is 412 g/mol. The normalized spacial score (nSPS) is 16.6. The summed E-state index contributed by atoms with van der Waals surface area (Å²) in [7, 11) is 0. The minimum atomic E-state index is -1.24. The van der Waals surface area contributed by atoms with Gasteiger partial charge < -0.3 is 15.3 Å². The molecule has 9 heteroatoms. The van der Waals surface area contributed by atoms with E-state index in [-0.39, 0.29) is 28.5 Å². The van der Waals surface area contributed by atoms with Crippen molar-refractivity contribution in [3.63, 3.8) is 0 Å². The molecule has 0 aromatic heterocycles. The van der Waals surface area contributed by atoms with E-state index in [1.165, 1.54) is 29.2 Å². The summed E-state index contributed by atoms with van der Waals surface area (Å²) >= 11 is 1.09. The number of thioether (sulfide) groups is 1. The fourth-order valence-electron chi connectivity index (χ4n) is 2.64. The van der Waals surface area contributed by atoms with Gasteiger partial charge in [-0.3, -0.25) is 9.69 Å². The SMILES string of the molecule is CCN1C(=O)/C(=C/c2ccc(C(=O)O)cc2)SC1=Nc1ccc(O)cc1C(=O)O. The van der Waals surface area contributed by atoms with Gasteiger partial charge in [0.2, 0.25) is 0 Å². The molecule has 1 aliphatic heterocycles. The van der Waals surface area contributed by atoms with E-state index in [2.05, 4.69) is 4.99 Å². The summed E-state index contributed by atoms with van der Waals surface area (Å²) in [4.78, 5) is 41.2. The number of carboxylic acid groups (broad SMARTS) is 2. The van der Waals surface area contributed by atoms with Crippen molar-refractivity contribution in [2.45, 2.75) is 6.92 Å². The third-order valence-electron chi connectivity index (χ3n) is 4.09. The first kappa shape index (κ1) is 20.2. The van der Waals surface area contributed by atoms with Gasteiger partial charge in [0.05, 0.1) is 21.7 Å². The summed E-state index contributed by atoms with van der Waals surface area (Å²) in [6.45, 7) is 2.11. The zero-order chi connectivity index (χ0) is 21.1. The van der Waals surface area contributed by atoms with E-state index in [1.54, 1.807) is 25.1 Å². The van der Waals surface area contributed by atoms with Gasteiger partial charge in [-0.1, -0.05) is 12.1 Å². The lowest BCUT2D eigenvalue weighted by Gasteiger charge is -2.12. The largest absolute Gasteiger partial charge is 0.508 e. The Labute approximate surface area is 169 Å². The predicted molar refractivity (Wildman–Crippen MR) is 109 cm³/mol. The molecule has 8 nitrogen and oxygen atoms in total. The highest BCUT2D eigenvalue weighted by Crippen LogP contribution is 2.35. The van der Waals surface area contributed by atoms with Crippen LogP contribution in [0.3, 0.4) is 0 Å². The first-order valence-corrected chi connectivity index (χ1v) is 9.31. The minimum absolute atomic E-state index is 0.121. The van der Waals surface area contributed by atoms with E-state index in [1.807, 2.05) is 0 Å². The monoisotopic (exact) mass is 412 g/mol. The molecule has 1 aliphatic rings. The molecule has 0 radical (unpaired) electrons. The molecule has 29 heavy (non-hydrogen) atoms. The number of nitrogens with zero attached hydrogens (tertiary/aromatic N) is 2. The predicted octanol–water partition coefficient (Wildman–Crippen LogP) is 3.41. The van der Waals surface area contributed by atoms with Crippen molar-refractivity contribution in [1.82, 2.24) is 4.90 Å². The summed E-state index contributed by atoms with van der Waals surface area (Å²) in [6, 6.07) is 9.87. The molecular weight excluding hydrogens is 396 g/mol. The van der Waals surface area contributed by atoms with Gasteiger partial charge >= 0.3 is 11.9 Å². The van der Waals surface area contributed by atoms with Crippen LogP contribution in [0.2, 0.25) is 0 Å². The molecule has 0 bridgehead atoms. The summed E-state index contributed by atoms with van der Waals surface area (Å²) < 4.78 is 0. The van der Waals surface area contributed by atoms with E-state index in [0.29, 0.717) is 22.2 Å². The molecule has 0 saturated carbocycles. The lowest BCUT2D eigenvalue weighted by Crippen LogP contribution is -2.28. The van der Waals surface area contributed by atoms with E-state index >= 15 is 0 Å². The van der Waals surface area contributed by atoms with E-state index in [9.17, 15) is 24.6 Å². The average Bonchev–Trinajstić information content (AvgIpc) is 2.97. The Morgan fingerprint density at radius 2 is 1.79 bits per heavy atom. The maximum atomic E-state index is 12.7. The van der Waals surface area contributed by atoms with Gasteiger partial charge in [0.25, 0.3) is 5.91 Å². The van der Waals surface area contributed by atoms with Crippen molar-refractivity contribution in [3.8, 4) is 5.75 Å². The molecule has 2 aromatic carbocycles. The Morgan fingerprint density at radius 1 is 1.10 bits per heavy atom. The number of aromatic hydroxyl groups is 1. The zero-order valence-corrected chi connectivity index (χ0v) is 16.0. The quantitative estimate of drug-likeness (QED) is 0.642. The van der Waals surface area contributed by atoms with Crippen LogP contribution in [0.4, 0.5) is 5.69 Å². The summed E-state index contributed by atoms with van der Waals surface area (Å²) in [5.41, 5.74) is 0.738. The van der Waals surface area contributed by atoms with Crippen LogP contribution in [0.5, 0.6) is 5.75 Å². The summed E-state index contributed by atoms with van der Waals surface area (Å²) in [5, 5.41) is 28.1. The number of hydrogen-bond acceptors (Lipinski definition) is 6. The second kappa shape index (κ2) is 8.19. The molecule has 1 heterocycles. The van der Waals surface area contributed by atoms with Gasteiger partial charge in [-0.05, 0) is 60.7 Å². The number of carbonyl (C=O) groups is 3. The second-order valence-electron chi connectivity index (χ2n) is 5.99. The lowest BCUT2D eigenvalue weighted by molar-refractivity contribution is -0.122. The second-order valence-corrected chi connectivity index (χ2v) is 7.00. The number of aliphatic imine (C=N–C) groups is 1. The molecule has 1 amide bonds. The van der Waals surface area contributed by atoms with Crippen LogP contribution in [0.15, 0.2) is 52.4 Å². The standard InChI is InChI=1S/C20H16N2O6S/c1-2-22-17(24)16(9-11-3-5-12(6-4-11)18(25)26)29-20(22)21-15-8-7-13(23)10-14(15)19(27)28/h3-10,23H,2H2,1H3,(H,25,26)(H,27,28)/b16-9-,21-20?. The topological polar surface area (TPSA) is 128 Å². The first-order chi connectivity index (χ1) is 13.8. The summed E-state index contributed by atoms with van der Waals surface area (Å²) in [6.07, 6.45) is 1.62. The van der Waals surface area contributed by atoms with Crippen LogP contribution >= 0.6 is 11.8 Å². The Morgan fingerprint density at radius 3 is 2.38 bits per heavy atom. The number of carbonyl (C=O) groups excluding carboxylic acids is 1. The molecule has 148 valence electrons. The number of likely N-dealkylation sites (N-methyl/N-ethyl adjacent to an activating group) is 1. The Hall–Kier alpha value is -3.59. The molecule has 3 N–H and O–H groups in total. The molecule has 1 fully saturated rings. The number of carboxylic acids is 2. The van der Waals surface area contributed by atoms with Gasteiger partial charge in [0.15, 0.2) is 5.17 Å². The highest BCUT2D eigenvalue weighted by atomic mass is 32.2. The molecule has 2 aromatic rings. The molecule has 0 aliphatic carbocycles. The van der Waals surface area contributed by atoms with Crippen molar-refractivity contribution in [1.29, 1.82) is 0 Å². The zero-order valence-electron chi connectivity index (χ0n) is 15.2. The van der Waals surface area contributed by atoms with Gasteiger partial charge in [-0.25, -0.2) is 14.6 Å². The Bertz CT molecular complexity index is 1060. The smallest absolute Gasteiger partial charge is 0.338 e. The number of rotatable bonds is 5. The van der Waals surface area contributed by atoms with Crippen LogP contribution in [-0.2, 0) is 4.79 Å². The van der Waals surface area contributed by atoms with Gasteiger partial charge in [0.1, 0.15) is 5.75 Å². The minimum Gasteiger partial charge on any atom is -0.508 e. The van der Waals surface area contributed by atoms with E-state index < -0.39 is 11.9 Å². The maximum Gasteiger partial charge on any atom is 0.338 e. The van der Waals surface area contributed by atoms with Crippen molar-refractivity contribution in [2.75, 3.05) is 6.54 Å². The van der Waals surface area contributed by atoms with Crippen molar-refractivity contribution < 1.29 is 29.7 Å². The highest BCUT2D eigenvalue weighted by molar-refractivity contribution is 8.18. The van der Waals surface area contributed by atoms with Crippen molar-refractivity contribution in [3.05, 3.63) is 64.1 Å². The van der Waals surface area contributed by atoms with E-state index in [4.69, 9.17) is 5.11 Å². The fraction of sp³-hybridized carbons (Fsp3) is 0.100. The maximum absolute atomic E-state index is 12.7. The number of phenols is 1. The molecule has 0 spiro atoms. The number of benzene rings is 2. The number of phenolic OH excluding ortho intramolecular Hbond substituents is 1. The van der Waals surface area contributed by atoms with Gasteiger partial charge in [-0.15, -0.1) is 0 Å². The number of amidine groups is 1. The molecule has 0 atom stereocenters. The molecular formula is C20H16N2O6S. The van der Waals surface area contributed by atoms with Crippen molar-refractivity contribution >= 4 is 46.5 Å². The fourth-order valence-corrected chi connectivity index (χ4v) is 3.69. The molecule has 0 unspecified atom stereocenters. The number of amides is 1. The summed E-state index contributed by atoms with van der Waals surface area (Å²) in [5.74, 6) is -2.76. The lowest BCUT2D eigenvalue weighted by atomic mass is 10.1. The van der Waals surface area contributed by atoms with Crippen molar-refractivity contribution in [2.24, 2.45) is 4.99 Å². The van der Waals surface area contributed by atoms with Crippen LogP contribution in [0.1, 0.15) is 33.2 Å². The van der Waals surface area contributed by atoms with Crippen LogP contribution in [0, 0.1) is 0 Å². The van der Waals surface area contributed by atoms with Crippen LogP contribution < -0.4 is 0 Å². The van der Waals surface area contributed by atoms with Crippen LogP contribution in [0.25, 0.3) is 6.08 Å². The number of aromatic carboxylic acids is 2. The van der Waals surface area contributed by atoms with Crippen LogP contribution in [-0.4, -0.2) is 49.8 Å². The number of hydrogen-bond donors (Lipinski definition) is 3. The molecule has 3 rings (SSSR count).